The number of nitrogens with zero attached hydrogens (tertiary/aromatic N) is 3. The lowest BCUT2D eigenvalue weighted by atomic mass is 10.1. The maximum Gasteiger partial charge on any atom is 0.170 e. The van der Waals surface area contributed by atoms with Gasteiger partial charge in [-0.3, -0.25) is 14.5 Å². The molecule has 106 valence electrons. The number of rotatable bonds is 5. The Kier molecular flexibility index (Phi) is 4.32. The molecule has 0 aromatic carbocycles. The fourth-order valence-corrected chi connectivity index (χ4v) is 2.15. The van der Waals surface area contributed by atoms with Crippen molar-refractivity contribution in [2.45, 2.75) is 46.6 Å². The number of ketones is 1. The van der Waals surface area contributed by atoms with Crippen LogP contribution in [0.3, 0.4) is 0 Å². The van der Waals surface area contributed by atoms with Crippen LogP contribution in [0.2, 0.25) is 0 Å². The third-order valence-electron chi connectivity index (χ3n) is 3.57. The van der Waals surface area contributed by atoms with Gasteiger partial charge in [0.15, 0.2) is 5.78 Å². The molecule has 0 spiro atoms. The second-order valence-electron chi connectivity index (χ2n) is 5.23. The molecule has 1 unspecified atom stereocenters. The average molecular weight is 271 g/mol. The summed E-state index contributed by atoms with van der Waals surface area (Å²) in [6.45, 7) is 8.04. The van der Waals surface area contributed by atoms with Gasteiger partial charge in [-0.05, 0) is 45.4 Å². The van der Waals surface area contributed by atoms with Crippen molar-refractivity contribution in [3.63, 3.8) is 0 Å². The molecule has 0 N–H and O–H groups in total. The van der Waals surface area contributed by atoms with E-state index in [2.05, 4.69) is 23.9 Å². The van der Waals surface area contributed by atoms with Crippen molar-refractivity contribution in [2.75, 3.05) is 0 Å². The minimum absolute atomic E-state index is 0.0735. The Balaban J connectivity index is 2.13. The van der Waals surface area contributed by atoms with Crippen molar-refractivity contribution in [1.82, 2.24) is 14.8 Å². The predicted octanol–water partition coefficient (Wildman–Crippen LogP) is 3.29. The van der Waals surface area contributed by atoms with Gasteiger partial charge in [-0.15, -0.1) is 0 Å². The lowest BCUT2D eigenvalue weighted by Crippen LogP contribution is -2.09. The molecule has 2 aromatic heterocycles. The quantitative estimate of drug-likeness (QED) is 0.784. The Labute approximate surface area is 119 Å². The highest BCUT2D eigenvalue weighted by atomic mass is 16.1. The van der Waals surface area contributed by atoms with E-state index in [0.29, 0.717) is 18.0 Å². The number of hydrogen-bond acceptors (Lipinski definition) is 3. The Hall–Kier alpha value is -1.97. The molecule has 0 aliphatic heterocycles. The highest BCUT2D eigenvalue weighted by Gasteiger charge is 2.13. The van der Waals surface area contributed by atoms with Crippen molar-refractivity contribution in [3.8, 4) is 0 Å². The van der Waals surface area contributed by atoms with Gasteiger partial charge in [0.2, 0.25) is 0 Å². The van der Waals surface area contributed by atoms with Crippen molar-refractivity contribution in [1.29, 1.82) is 0 Å². The van der Waals surface area contributed by atoms with E-state index in [1.54, 1.807) is 0 Å². The molecule has 0 radical (unpaired) electrons. The molecular formula is C16H21N3O. The molecule has 0 amide bonds. The normalized spacial score (nSPS) is 12.4. The molecule has 0 saturated heterocycles. The largest absolute Gasteiger partial charge is 0.294 e. The van der Waals surface area contributed by atoms with Crippen molar-refractivity contribution >= 4 is 5.78 Å². The zero-order valence-corrected chi connectivity index (χ0v) is 12.6. The first kappa shape index (κ1) is 14.4. The molecule has 1 atom stereocenters. The summed E-state index contributed by atoms with van der Waals surface area (Å²) in [5.74, 6) is 0.0735. The SMILES string of the molecule is CCC(C)n1ccc(CC(=O)c2ccc(C)nc2C)n1. The molecule has 0 aliphatic carbocycles. The first-order valence-corrected chi connectivity index (χ1v) is 7.02. The first-order valence-electron chi connectivity index (χ1n) is 7.02. The Morgan fingerprint density at radius 3 is 2.70 bits per heavy atom. The van der Waals surface area contributed by atoms with Gasteiger partial charge in [0.1, 0.15) is 0 Å². The van der Waals surface area contributed by atoms with Crippen LogP contribution in [0.1, 0.15) is 53.7 Å². The van der Waals surface area contributed by atoms with E-state index < -0.39 is 0 Å². The monoisotopic (exact) mass is 271 g/mol. The summed E-state index contributed by atoms with van der Waals surface area (Å²) >= 11 is 0. The molecule has 20 heavy (non-hydrogen) atoms. The summed E-state index contributed by atoms with van der Waals surface area (Å²) < 4.78 is 1.92. The molecule has 2 heterocycles. The second-order valence-corrected chi connectivity index (χ2v) is 5.23. The number of Topliss-reactive ketones (excluding diaryl/α,β-unsaturated/α-hetero) is 1. The van der Waals surface area contributed by atoms with E-state index in [-0.39, 0.29) is 5.78 Å². The van der Waals surface area contributed by atoms with Gasteiger partial charge in [-0.1, -0.05) is 6.92 Å². The highest BCUT2D eigenvalue weighted by Crippen LogP contribution is 2.13. The van der Waals surface area contributed by atoms with Gasteiger partial charge < -0.3 is 0 Å². The fourth-order valence-electron chi connectivity index (χ4n) is 2.15. The number of hydrogen-bond donors (Lipinski definition) is 0. The summed E-state index contributed by atoms with van der Waals surface area (Å²) in [7, 11) is 0. The summed E-state index contributed by atoms with van der Waals surface area (Å²) in [5, 5.41) is 4.47. The van der Waals surface area contributed by atoms with Gasteiger partial charge in [-0.25, -0.2) is 0 Å². The van der Waals surface area contributed by atoms with Crippen LogP contribution in [-0.2, 0) is 6.42 Å². The third-order valence-corrected chi connectivity index (χ3v) is 3.57. The van der Waals surface area contributed by atoms with Gasteiger partial charge in [0.25, 0.3) is 0 Å². The molecule has 2 aromatic rings. The topological polar surface area (TPSA) is 47.8 Å². The number of aromatic nitrogens is 3. The third kappa shape index (κ3) is 3.13. The first-order chi connectivity index (χ1) is 9.51. The average Bonchev–Trinajstić information content (AvgIpc) is 2.86. The Bertz CT molecular complexity index is 616. The van der Waals surface area contributed by atoms with Crippen molar-refractivity contribution in [3.05, 3.63) is 47.0 Å². The van der Waals surface area contributed by atoms with Crippen molar-refractivity contribution in [2.24, 2.45) is 0 Å². The molecule has 4 heteroatoms. The van der Waals surface area contributed by atoms with E-state index in [1.165, 1.54) is 0 Å². The van der Waals surface area contributed by atoms with E-state index in [0.717, 1.165) is 23.5 Å². The van der Waals surface area contributed by atoms with E-state index in [1.807, 2.05) is 42.9 Å². The number of carbonyl (C=O) groups excluding carboxylic acids is 1. The van der Waals surface area contributed by atoms with E-state index in [9.17, 15) is 4.79 Å². The summed E-state index contributed by atoms with van der Waals surface area (Å²) in [5.41, 5.74) is 3.22. The summed E-state index contributed by atoms with van der Waals surface area (Å²) in [4.78, 5) is 16.6. The maximum absolute atomic E-state index is 12.3. The number of aryl methyl sites for hydroxylation is 2. The zero-order valence-electron chi connectivity index (χ0n) is 12.6. The van der Waals surface area contributed by atoms with Gasteiger partial charge in [0.05, 0.1) is 12.1 Å². The van der Waals surface area contributed by atoms with Crippen LogP contribution in [0.4, 0.5) is 0 Å². The van der Waals surface area contributed by atoms with Crippen LogP contribution in [0, 0.1) is 13.8 Å². The van der Waals surface area contributed by atoms with Gasteiger partial charge in [-0.2, -0.15) is 5.10 Å². The lowest BCUT2D eigenvalue weighted by molar-refractivity contribution is 0.0990. The summed E-state index contributed by atoms with van der Waals surface area (Å²) in [6.07, 6.45) is 3.29. The molecule has 0 fully saturated rings. The van der Waals surface area contributed by atoms with Crippen LogP contribution in [0.25, 0.3) is 0 Å². The number of pyridine rings is 1. The predicted molar refractivity (Wildman–Crippen MR) is 79.0 cm³/mol. The van der Waals surface area contributed by atoms with Crippen molar-refractivity contribution < 1.29 is 4.79 Å². The smallest absolute Gasteiger partial charge is 0.170 e. The van der Waals surface area contributed by atoms with E-state index in [4.69, 9.17) is 0 Å². The van der Waals surface area contributed by atoms with Crippen LogP contribution < -0.4 is 0 Å². The molecule has 0 bridgehead atoms. The Morgan fingerprint density at radius 2 is 2.05 bits per heavy atom. The minimum Gasteiger partial charge on any atom is -0.294 e. The number of carbonyl (C=O) groups is 1. The van der Waals surface area contributed by atoms with Gasteiger partial charge in [0, 0.05) is 29.2 Å². The Morgan fingerprint density at radius 1 is 1.30 bits per heavy atom. The van der Waals surface area contributed by atoms with Crippen LogP contribution in [-0.4, -0.2) is 20.5 Å². The molecule has 0 saturated carbocycles. The zero-order chi connectivity index (χ0) is 14.7. The van der Waals surface area contributed by atoms with Crippen LogP contribution >= 0.6 is 0 Å². The molecule has 0 aliphatic rings. The molecule has 2 rings (SSSR count). The molecular weight excluding hydrogens is 250 g/mol. The van der Waals surface area contributed by atoms with Crippen LogP contribution in [0.5, 0.6) is 0 Å². The van der Waals surface area contributed by atoms with Gasteiger partial charge >= 0.3 is 0 Å². The lowest BCUT2D eigenvalue weighted by Gasteiger charge is -2.08. The standard InChI is InChI=1S/C16H21N3O/c1-5-12(3)19-9-8-14(18-19)10-16(20)15-7-6-11(2)17-13(15)4/h6-9,12H,5,10H2,1-4H3. The maximum atomic E-state index is 12.3. The second kappa shape index (κ2) is 5.99. The van der Waals surface area contributed by atoms with E-state index >= 15 is 0 Å². The minimum atomic E-state index is 0.0735. The fraction of sp³-hybridized carbons (Fsp3) is 0.438. The molecule has 4 nitrogen and oxygen atoms in total. The van der Waals surface area contributed by atoms with Crippen LogP contribution in [0.15, 0.2) is 24.4 Å². The highest BCUT2D eigenvalue weighted by molar-refractivity contribution is 5.98. The summed E-state index contributed by atoms with van der Waals surface area (Å²) in [6, 6.07) is 6.01.